The number of anilines is 1. The molecule has 0 aromatic heterocycles. The summed E-state index contributed by atoms with van der Waals surface area (Å²) >= 11 is 0. The summed E-state index contributed by atoms with van der Waals surface area (Å²) in [5.74, 6) is 2.77. The fourth-order valence-electron chi connectivity index (χ4n) is 2.73. The number of amides is 2. The molecule has 0 unspecified atom stereocenters. The number of ether oxygens (including phenoxy) is 4. The average molecular weight is 372 g/mol. The van der Waals surface area contributed by atoms with Crippen LogP contribution in [0.5, 0.6) is 23.0 Å². The maximum Gasteiger partial charge on any atom is 0.319 e. The minimum absolute atomic E-state index is 0.252. The number of fused-ring (bicyclic) bond motifs is 1. The molecule has 0 saturated heterocycles. The molecule has 0 radical (unpaired) electrons. The molecule has 7 nitrogen and oxygen atoms in total. The number of rotatable bonds is 8. The highest BCUT2D eigenvalue weighted by molar-refractivity contribution is 5.91. The van der Waals surface area contributed by atoms with Crippen molar-refractivity contribution in [3.63, 3.8) is 0 Å². The van der Waals surface area contributed by atoms with Crippen LogP contribution in [-0.2, 0) is 6.42 Å². The van der Waals surface area contributed by atoms with Gasteiger partial charge in [-0.3, -0.25) is 0 Å². The van der Waals surface area contributed by atoms with Gasteiger partial charge in [-0.05, 0) is 50.1 Å². The molecule has 7 heteroatoms. The minimum Gasteiger partial charge on any atom is -0.494 e. The molecule has 0 atom stereocenters. The quantitative estimate of drug-likeness (QED) is 0.741. The molecule has 144 valence electrons. The number of hydrogen-bond acceptors (Lipinski definition) is 5. The zero-order valence-electron chi connectivity index (χ0n) is 15.5. The summed E-state index contributed by atoms with van der Waals surface area (Å²) in [4.78, 5) is 12.3. The number of benzene rings is 2. The van der Waals surface area contributed by atoms with Crippen molar-refractivity contribution in [2.45, 2.75) is 20.3 Å². The van der Waals surface area contributed by atoms with Gasteiger partial charge in [0.1, 0.15) is 11.5 Å². The van der Waals surface area contributed by atoms with Crippen LogP contribution in [0.2, 0.25) is 0 Å². The molecule has 1 aliphatic rings. The van der Waals surface area contributed by atoms with Gasteiger partial charge in [0.25, 0.3) is 0 Å². The number of nitrogens with one attached hydrogen (secondary N) is 2. The van der Waals surface area contributed by atoms with Crippen molar-refractivity contribution in [1.82, 2.24) is 5.32 Å². The number of urea groups is 1. The Labute approximate surface area is 158 Å². The topological polar surface area (TPSA) is 78.1 Å². The van der Waals surface area contributed by atoms with Crippen molar-refractivity contribution in [2.24, 2.45) is 0 Å². The minimum atomic E-state index is -0.301. The Balaban J connectivity index is 1.54. The molecule has 27 heavy (non-hydrogen) atoms. The third kappa shape index (κ3) is 4.97. The van der Waals surface area contributed by atoms with Crippen molar-refractivity contribution in [1.29, 1.82) is 0 Å². The molecular formula is C20H24N2O5. The fourth-order valence-corrected chi connectivity index (χ4v) is 2.73. The average Bonchev–Trinajstić information content (AvgIpc) is 3.12. The first kappa shape index (κ1) is 18.7. The van der Waals surface area contributed by atoms with Gasteiger partial charge in [0.15, 0.2) is 11.5 Å². The third-order valence-corrected chi connectivity index (χ3v) is 3.95. The molecule has 0 saturated carbocycles. The van der Waals surface area contributed by atoms with Crippen LogP contribution in [0.1, 0.15) is 19.4 Å². The highest BCUT2D eigenvalue weighted by Gasteiger charge is 2.13. The summed E-state index contributed by atoms with van der Waals surface area (Å²) in [6, 6.07) is 10.8. The monoisotopic (exact) mass is 372 g/mol. The number of hydrogen-bond donors (Lipinski definition) is 2. The maximum absolute atomic E-state index is 12.3. The van der Waals surface area contributed by atoms with Gasteiger partial charge in [-0.1, -0.05) is 6.07 Å². The van der Waals surface area contributed by atoms with Crippen LogP contribution < -0.4 is 29.6 Å². The van der Waals surface area contributed by atoms with E-state index in [1.54, 1.807) is 12.1 Å². The summed E-state index contributed by atoms with van der Waals surface area (Å²) in [7, 11) is 0. The Morgan fingerprint density at radius 2 is 1.85 bits per heavy atom. The highest BCUT2D eigenvalue weighted by atomic mass is 16.7. The van der Waals surface area contributed by atoms with Crippen LogP contribution in [0.3, 0.4) is 0 Å². The molecule has 0 spiro atoms. The van der Waals surface area contributed by atoms with E-state index in [0.29, 0.717) is 43.4 Å². The summed E-state index contributed by atoms with van der Waals surface area (Å²) in [5.41, 5.74) is 1.64. The van der Waals surface area contributed by atoms with Gasteiger partial charge < -0.3 is 29.6 Å². The molecule has 0 bridgehead atoms. The molecule has 2 aromatic carbocycles. The van der Waals surface area contributed by atoms with E-state index in [1.165, 1.54) is 0 Å². The molecule has 2 aromatic rings. The highest BCUT2D eigenvalue weighted by Crippen LogP contribution is 2.32. The van der Waals surface area contributed by atoms with Gasteiger partial charge in [0.05, 0.1) is 18.9 Å². The third-order valence-electron chi connectivity index (χ3n) is 3.95. The lowest BCUT2D eigenvalue weighted by molar-refractivity contribution is 0.174. The smallest absolute Gasteiger partial charge is 0.319 e. The van der Waals surface area contributed by atoms with Gasteiger partial charge in [0, 0.05) is 12.6 Å². The Morgan fingerprint density at radius 3 is 2.67 bits per heavy atom. The maximum atomic E-state index is 12.3. The second-order valence-corrected chi connectivity index (χ2v) is 5.84. The molecule has 0 aliphatic carbocycles. The summed E-state index contributed by atoms with van der Waals surface area (Å²) in [6.07, 6.45) is 0.682. The lowest BCUT2D eigenvalue weighted by Crippen LogP contribution is -2.30. The van der Waals surface area contributed by atoms with Crippen LogP contribution >= 0.6 is 0 Å². The van der Waals surface area contributed by atoms with E-state index in [4.69, 9.17) is 18.9 Å². The Morgan fingerprint density at radius 1 is 1.04 bits per heavy atom. The molecular weight excluding hydrogens is 348 g/mol. The van der Waals surface area contributed by atoms with Crippen molar-refractivity contribution >= 4 is 11.7 Å². The Kier molecular flexibility index (Phi) is 6.25. The van der Waals surface area contributed by atoms with E-state index in [9.17, 15) is 4.79 Å². The van der Waals surface area contributed by atoms with Crippen molar-refractivity contribution in [3.8, 4) is 23.0 Å². The normalized spacial score (nSPS) is 11.8. The lowest BCUT2D eigenvalue weighted by Gasteiger charge is -2.14. The van der Waals surface area contributed by atoms with Gasteiger partial charge >= 0.3 is 6.03 Å². The first-order valence-electron chi connectivity index (χ1n) is 9.02. The molecule has 1 aliphatic heterocycles. The van der Waals surface area contributed by atoms with Crippen LogP contribution in [-0.4, -0.2) is 32.6 Å². The van der Waals surface area contributed by atoms with Crippen molar-refractivity contribution < 1.29 is 23.7 Å². The number of carbonyl (C=O) groups excluding carboxylic acids is 1. The van der Waals surface area contributed by atoms with E-state index < -0.39 is 0 Å². The largest absolute Gasteiger partial charge is 0.494 e. The second-order valence-electron chi connectivity index (χ2n) is 5.84. The lowest BCUT2D eigenvalue weighted by atomic mass is 10.1. The standard InChI is InChI=1S/C20H24N2O5/c1-3-24-15-6-8-17(25-4-2)16(12-15)22-20(23)21-10-9-14-5-7-18-19(11-14)27-13-26-18/h5-8,11-12H,3-4,9-10,13H2,1-2H3,(H2,21,22,23). The summed E-state index contributed by atoms with van der Waals surface area (Å²) in [5, 5.41) is 5.67. The zero-order chi connectivity index (χ0) is 19.1. The first-order chi connectivity index (χ1) is 13.2. The van der Waals surface area contributed by atoms with Gasteiger partial charge in [-0.2, -0.15) is 0 Å². The Hall–Kier alpha value is -3.09. The van der Waals surface area contributed by atoms with E-state index in [0.717, 1.165) is 17.1 Å². The van der Waals surface area contributed by atoms with Crippen molar-refractivity contribution in [2.75, 3.05) is 31.9 Å². The van der Waals surface area contributed by atoms with E-state index in [-0.39, 0.29) is 12.8 Å². The predicted molar refractivity (Wildman–Crippen MR) is 102 cm³/mol. The van der Waals surface area contributed by atoms with Crippen LogP contribution in [0.4, 0.5) is 10.5 Å². The molecule has 2 amide bonds. The second kappa shape index (κ2) is 9.02. The zero-order valence-corrected chi connectivity index (χ0v) is 15.5. The van der Waals surface area contributed by atoms with E-state index in [2.05, 4.69) is 10.6 Å². The Bertz CT molecular complexity index is 794. The van der Waals surface area contributed by atoms with Gasteiger partial charge in [-0.15, -0.1) is 0 Å². The SMILES string of the molecule is CCOc1ccc(OCC)c(NC(=O)NCCc2ccc3c(c2)OCO3)c1. The van der Waals surface area contributed by atoms with Crippen LogP contribution in [0, 0.1) is 0 Å². The van der Waals surface area contributed by atoms with E-state index >= 15 is 0 Å². The van der Waals surface area contributed by atoms with Crippen molar-refractivity contribution in [3.05, 3.63) is 42.0 Å². The van der Waals surface area contributed by atoms with E-state index in [1.807, 2.05) is 38.1 Å². The van der Waals surface area contributed by atoms with Gasteiger partial charge in [0.2, 0.25) is 6.79 Å². The fraction of sp³-hybridized carbons (Fsp3) is 0.350. The molecule has 2 N–H and O–H groups in total. The summed E-state index contributed by atoms with van der Waals surface area (Å²) < 4.78 is 21.7. The first-order valence-corrected chi connectivity index (χ1v) is 9.02. The number of carbonyl (C=O) groups is 1. The molecule has 1 heterocycles. The predicted octanol–water partition coefficient (Wildman–Crippen LogP) is 3.58. The summed E-state index contributed by atoms with van der Waals surface area (Å²) in [6.45, 7) is 5.60. The molecule has 3 rings (SSSR count). The van der Waals surface area contributed by atoms with Crippen LogP contribution in [0.25, 0.3) is 0 Å². The van der Waals surface area contributed by atoms with Gasteiger partial charge in [-0.25, -0.2) is 4.79 Å². The molecule has 0 fully saturated rings. The van der Waals surface area contributed by atoms with Crippen LogP contribution in [0.15, 0.2) is 36.4 Å².